The van der Waals surface area contributed by atoms with Gasteiger partial charge in [0, 0.05) is 13.1 Å². The van der Waals surface area contributed by atoms with Crippen molar-refractivity contribution in [2.75, 3.05) is 19.7 Å². The molecule has 1 aliphatic heterocycles. The zero-order valence-corrected chi connectivity index (χ0v) is 14.0. The normalized spacial score (nSPS) is 26.5. The van der Waals surface area contributed by atoms with Gasteiger partial charge in [0.2, 0.25) is 5.91 Å². The molecule has 2 rings (SSSR count). The van der Waals surface area contributed by atoms with Crippen LogP contribution in [0.3, 0.4) is 0 Å². The molecule has 1 saturated carbocycles. The number of likely N-dealkylation sites (tertiary alicyclic amines) is 1. The van der Waals surface area contributed by atoms with Gasteiger partial charge in [0.15, 0.2) is 0 Å². The van der Waals surface area contributed by atoms with Crippen LogP contribution in [0, 0.1) is 23.7 Å². The van der Waals surface area contributed by atoms with Gasteiger partial charge in [-0.2, -0.15) is 0 Å². The molecule has 2 aliphatic rings. The maximum atomic E-state index is 12.3. The highest BCUT2D eigenvalue weighted by molar-refractivity contribution is 5.79. The van der Waals surface area contributed by atoms with Crippen LogP contribution in [-0.2, 0) is 14.3 Å². The van der Waals surface area contributed by atoms with Crippen LogP contribution in [0.25, 0.3) is 0 Å². The van der Waals surface area contributed by atoms with Crippen LogP contribution >= 0.6 is 0 Å². The van der Waals surface area contributed by atoms with E-state index < -0.39 is 5.97 Å². The van der Waals surface area contributed by atoms with E-state index in [0.717, 1.165) is 19.3 Å². The zero-order valence-electron chi connectivity index (χ0n) is 14.0. The third-order valence-corrected chi connectivity index (χ3v) is 4.78. The number of carboxylic acid groups (broad SMARTS) is 1. The van der Waals surface area contributed by atoms with E-state index in [1.54, 1.807) is 4.90 Å². The van der Waals surface area contributed by atoms with E-state index in [1.165, 1.54) is 0 Å². The quantitative estimate of drug-likeness (QED) is 0.747. The fourth-order valence-electron chi connectivity index (χ4n) is 3.53. The molecule has 1 heterocycles. The molecular formula is C17H29NO4. The molecule has 0 aromatic rings. The summed E-state index contributed by atoms with van der Waals surface area (Å²) in [5.41, 5.74) is 0. The van der Waals surface area contributed by atoms with E-state index in [-0.39, 0.29) is 23.8 Å². The van der Waals surface area contributed by atoms with Crippen molar-refractivity contribution >= 4 is 11.9 Å². The summed E-state index contributed by atoms with van der Waals surface area (Å²) >= 11 is 0. The second-order valence-corrected chi connectivity index (χ2v) is 7.31. The minimum Gasteiger partial charge on any atom is -0.481 e. The van der Waals surface area contributed by atoms with Gasteiger partial charge in [-0.05, 0) is 43.9 Å². The Kier molecular flexibility index (Phi) is 5.84. The first-order valence-electron chi connectivity index (χ1n) is 8.50. The number of ether oxygens (including phenoxy) is 1. The third kappa shape index (κ3) is 4.70. The van der Waals surface area contributed by atoms with Crippen molar-refractivity contribution in [2.24, 2.45) is 23.7 Å². The molecule has 2 fully saturated rings. The Hall–Kier alpha value is -1.10. The van der Waals surface area contributed by atoms with Crippen molar-refractivity contribution in [1.82, 2.24) is 4.90 Å². The van der Waals surface area contributed by atoms with Crippen LogP contribution in [0.15, 0.2) is 0 Å². The van der Waals surface area contributed by atoms with Crippen LogP contribution in [-0.4, -0.2) is 47.7 Å². The molecule has 0 aromatic heterocycles. The van der Waals surface area contributed by atoms with Crippen molar-refractivity contribution in [3.05, 3.63) is 0 Å². The first-order valence-corrected chi connectivity index (χ1v) is 8.50. The smallest absolute Gasteiger partial charge is 0.308 e. The summed E-state index contributed by atoms with van der Waals surface area (Å²) < 4.78 is 5.68. The lowest BCUT2D eigenvalue weighted by Crippen LogP contribution is -2.31. The van der Waals surface area contributed by atoms with Gasteiger partial charge < -0.3 is 14.7 Å². The summed E-state index contributed by atoms with van der Waals surface area (Å²) in [6, 6.07) is 0. The van der Waals surface area contributed by atoms with Crippen LogP contribution in [0.5, 0.6) is 0 Å². The van der Waals surface area contributed by atoms with Crippen molar-refractivity contribution < 1.29 is 19.4 Å². The zero-order chi connectivity index (χ0) is 16.3. The first kappa shape index (κ1) is 17.3. The number of amides is 1. The van der Waals surface area contributed by atoms with Crippen LogP contribution in [0.4, 0.5) is 0 Å². The molecule has 1 unspecified atom stereocenters. The van der Waals surface area contributed by atoms with Crippen LogP contribution in [0.1, 0.15) is 46.5 Å². The molecule has 126 valence electrons. The summed E-state index contributed by atoms with van der Waals surface area (Å²) in [5.74, 6) is 0.153. The lowest BCUT2D eigenvalue weighted by Gasteiger charge is -2.18. The highest BCUT2D eigenvalue weighted by atomic mass is 16.5. The summed E-state index contributed by atoms with van der Waals surface area (Å²) in [4.78, 5) is 25.3. The van der Waals surface area contributed by atoms with Crippen molar-refractivity contribution in [3.8, 4) is 0 Å². The molecular weight excluding hydrogens is 282 g/mol. The Morgan fingerprint density at radius 3 is 2.45 bits per heavy atom. The summed E-state index contributed by atoms with van der Waals surface area (Å²) in [5, 5.41) is 9.33. The summed E-state index contributed by atoms with van der Waals surface area (Å²) in [6.07, 6.45) is 3.74. The topological polar surface area (TPSA) is 66.8 Å². The van der Waals surface area contributed by atoms with E-state index >= 15 is 0 Å². The van der Waals surface area contributed by atoms with Gasteiger partial charge in [0.25, 0.3) is 0 Å². The van der Waals surface area contributed by atoms with Crippen LogP contribution < -0.4 is 0 Å². The number of carboxylic acids is 1. The second kappa shape index (κ2) is 7.44. The van der Waals surface area contributed by atoms with Crippen molar-refractivity contribution in [1.29, 1.82) is 0 Å². The van der Waals surface area contributed by atoms with Gasteiger partial charge in [-0.25, -0.2) is 0 Å². The fourth-order valence-corrected chi connectivity index (χ4v) is 3.53. The number of aliphatic carboxylic acids is 1. The summed E-state index contributed by atoms with van der Waals surface area (Å²) in [6.45, 7) is 7.75. The maximum absolute atomic E-state index is 12.3. The van der Waals surface area contributed by atoms with E-state index in [1.807, 2.05) is 6.92 Å². The van der Waals surface area contributed by atoms with Gasteiger partial charge >= 0.3 is 5.97 Å². The number of carbonyl (C=O) groups excluding carboxylic acids is 1. The molecule has 0 radical (unpaired) electrons. The van der Waals surface area contributed by atoms with Gasteiger partial charge in [0.1, 0.15) is 0 Å². The largest absolute Gasteiger partial charge is 0.481 e. The van der Waals surface area contributed by atoms with Crippen LogP contribution in [0.2, 0.25) is 0 Å². The molecule has 5 heteroatoms. The van der Waals surface area contributed by atoms with Gasteiger partial charge in [-0.15, -0.1) is 0 Å². The fraction of sp³-hybridized carbons (Fsp3) is 0.882. The lowest BCUT2D eigenvalue weighted by molar-refractivity contribution is -0.142. The number of hydrogen-bond donors (Lipinski definition) is 1. The molecule has 5 nitrogen and oxygen atoms in total. The molecule has 3 atom stereocenters. The molecule has 22 heavy (non-hydrogen) atoms. The Morgan fingerprint density at radius 1 is 1.23 bits per heavy atom. The van der Waals surface area contributed by atoms with Crippen molar-refractivity contribution in [3.63, 3.8) is 0 Å². The molecule has 1 aliphatic carbocycles. The van der Waals surface area contributed by atoms with Crippen molar-refractivity contribution in [2.45, 2.75) is 52.6 Å². The van der Waals surface area contributed by atoms with Gasteiger partial charge in [-0.3, -0.25) is 9.59 Å². The minimum atomic E-state index is -0.756. The highest BCUT2D eigenvalue weighted by Gasteiger charge is 2.46. The molecule has 1 amide bonds. The summed E-state index contributed by atoms with van der Waals surface area (Å²) in [7, 11) is 0. The van der Waals surface area contributed by atoms with E-state index in [2.05, 4.69) is 13.8 Å². The number of nitrogens with zero attached hydrogens (tertiary/aromatic N) is 1. The molecule has 0 aromatic carbocycles. The number of rotatable bonds is 8. The Balaban J connectivity index is 1.75. The molecule has 1 saturated heterocycles. The SMILES string of the molecule is CC(C)CC(C)OCCC(=O)N1C[C@H](C(=O)O)[C@@H](C2CC2)C1. The second-order valence-electron chi connectivity index (χ2n) is 7.31. The monoisotopic (exact) mass is 311 g/mol. The average Bonchev–Trinajstić information content (AvgIpc) is 3.16. The predicted octanol–water partition coefficient (Wildman–Crippen LogP) is 2.40. The predicted molar refractivity (Wildman–Crippen MR) is 83.4 cm³/mol. The maximum Gasteiger partial charge on any atom is 0.308 e. The van der Waals surface area contributed by atoms with Gasteiger partial charge in [-0.1, -0.05) is 13.8 Å². The van der Waals surface area contributed by atoms with E-state index in [0.29, 0.717) is 38.0 Å². The highest BCUT2D eigenvalue weighted by Crippen LogP contribution is 2.44. The minimum absolute atomic E-state index is 0.0335. The Labute approximate surface area is 133 Å². The number of carbonyl (C=O) groups is 2. The number of hydrogen-bond acceptors (Lipinski definition) is 3. The van der Waals surface area contributed by atoms with Gasteiger partial charge in [0.05, 0.1) is 25.0 Å². The Morgan fingerprint density at radius 2 is 1.91 bits per heavy atom. The Bertz CT molecular complexity index is 405. The third-order valence-electron chi connectivity index (χ3n) is 4.78. The average molecular weight is 311 g/mol. The molecule has 0 bridgehead atoms. The standard InChI is InChI=1S/C17H29NO4/c1-11(2)8-12(3)22-7-6-16(19)18-9-14(13-4-5-13)15(10-18)17(20)21/h11-15H,4-10H2,1-3H3,(H,20,21)/t12?,14-,15+/m1/s1. The first-order chi connectivity index (χ1) is 10.4. The van der Waals surface area contributed by atoms with E-state index in [9.17, 15) is 14.7 Å². The molecule has 0 spiro atoms. The van der Waals surface area contributed by atoms with E-state index in [4.69, 9.17) is 4.74 Å². The molecule has 1 N–H and O–H groups in total. The lowest BCUT2D eigenvalue weighted by atomic mass is 9.92.